The molecule has 0 unspecified atom stereocenters. The highest BCUT2D eigenvalue weighted by Gasteiger charge is 2.30. The SMILES string of the molecule is COc1cccc(CN2CCC(C(=O)N3CCC(Cc4ccccc4)CC3)CC2)c1. The van der Waals surface area contributed by atoms with Crippen LogP contribution in [0.15, 0.2) is 54.6 Å². The molecule has 2 heterocycles. The Balaban J connectivity index is 1.21. The number of likely N-dealkylation sites (tertiary alicyclic amines) is 2. The van der Waals surface area contributed by atoms with Crippen LogP contribution in [0.2, 0.25) is 0 Å². The number of carbonyl (C=O) groups excluding carboxylic acids is 1. The van der Waals surface area contributed by atoms with E-state index in [1.165, 1.54) is 11.1 Å². The first-order valence-corrected chi connectivity index (χ1v) is 11.4. The zero-order valence-corrected chi connectivity index (χ0v) is 18.1. The van der Waals surface area contributed by atoms with Crippen molar-refractivity contribution >= 4 is 5.91 Å². The first-order valence-electron chi connectivity index (χ1n) is 11.4. The molecule has 2 aliphatic heterocycles. The second kappa shape index (κ2) is 10.1. The molecular weight excluding hydrogens is 372 g/mol. The van der Waals surface area contributed by atoms with Gasteiger partial charge in [0, 0.05) is 25.6 Å². The number of piperidine rings is 2. The Kier molecular flexibility index (Phi) is 7.06. The summed E-state index contributed by atoms with van der Waals surface area (Å²) in [5.41, 5.74) is 2.70. The molecule has 0 spiro atoms. The van der Waals surface area contributed by atoms with E-state index in [2.05, 4.69) is 52.3 Å². The number of hydrogen-bond donors (Lipinski definition) is 0. The fourth-order valence-corrected chi connectivity index (χ4v) is 4.93. The molecule has 0 aromatic heterocycles. The Hall–Kier alpha value is -2.33. The van der Waals surface area contributed by atoms with Crippen LogP contribution in [0.25, 0.3) is 0 Å². The molecule has 0 N–H and O–H groups in total. The van der Waals surface area contributed by atoms with Gasteiger partial charge in [0.1, 0.15) is 5.75 Å². The topological polar surface area (TPSA) is 32.8 Å². The van der Waals surface area contributed by atoms with Crippen LogP contribution in [-0.4, -0.2) is 49.0 Å². The molecule has 2 aromatic rings. The lowest BCUT2D eigenvalue weighted by Crippen LogP contribution is -2.45. The van der Waals surface area contributed by atoms with Crippen molar-refractivity contribution in [2.24, 2.45) is 11.8 Å². The number of amides is 1. The van der Waals surface area contributed by atoms with E-state index in [-0.39, 0.29) is 5.92 Å². The maximum atomic E-state index is 13.1. The molecule has 0 saturated carbocycles. The quantitative estimate of drug-likeness (QED) is 0.713. The third-order valence-electron chi connectivity index (χ3n) is 6.77. The largest absolute Gasteiger partial charge is 0.497 e. The maximum Gasteiger partial charge on any atom is 0.225 e. The Bertz CT molecular complexity index is 807. The molecule has 160 valence electrons. The molecule has 4 heteroatoms. The van der Waals surface area contributed by atoms with Crippen LogP contribution in [-0.2, 0) is 17.8 Å². The minimum atomic E-state index is 0.206. The Morgan fingerprint density at radius 3 is 2.30 bits per heavy atom. The van der Waals surface area contributed by atoms with E-state index in [0.717, 1.165) is 70.6 Å². The minimum Gasteiger partial charge on any atom is -0.497 e. The fourth-order valence-electron chi connectivity index (χ4n) is 4.93. The van der Waals surface area contributed by atoms with E-state index in [0.29, 0.717) is 11.8 Å². The van der Waals surface area contributed by atoms with Gasteiger partial charge in [0.15, 0.2) is 0 Å². The number of methoxy groups -OCH3 is 1. The number of ether oxygens (including phenoxy) is 1. The van der Waals surface area contributed by atoms with Crippen molar-refractivity contribution in [3.8, 4) is 5.75 Å². The van der Waals surface area contributed by atoms with Crippen molar-refractivity contribution in [2.75, 3.05) is 33.3 Å². The van der Waals surface area contributed by atoms with Crippen LogP contribution in [0.1, 0.15) is 36.8 Å². The number of rotatable bonds is 6. The zero-order chi connectivity index (χ0) is 20.8. The van der Waals surface area contributed by atoms with Gasteiger partial charge in [-0.3, -0.25) is 9.69 Å². The van der Waals surface area contributed by atoms with Crippen molar-refractivity contribution in [1.82, 2.24) is 9.80 Å². The number of hydrogen-bond acceptors (Lipinski definition) is 3. The lowest BCUT2D eigenvalue weighted by Gasteiger charge is -2.37. The standard InChI is InChI=1S/C26H34N2O2/c1-30-25-9-5-8-23(19-25)20-27-14-12-24(13-15-27)26(29)28-16-10-22(11-17-28)18-21-6-3-2-4-7-21/h2-9,19,22,24H,10-18,20H2,1H3. The van der Waals surface area contributed by atoms with Crippen molar-refractivity contribution < 1.29 is 9.53 Å². The van der Waals surface area contributed by atoms with Crippen LogP contribution in [0.4, 0.5) is 0 Å². The molecule has 0 bridgehead atoms. The second-order valence-electron chi connectivity index (χ2n) is 8.86. The molecule has 0 radical (unpaired) electrons. The van der Waals surface area contributed by atoms with Crippen LogP contribution in [0, 0.1) is 11.8 Å². The summed E-state index contributed by atoms with van der Waals surface area (Å²) in [6, 6.07) is 19.0. The highest BCUT2D eigenvalue weighted by atomic mass is 16.5. The lowest BCUT2D eigenvalue weighted by molar-refractivity contribution is -0.138. The van der Waals surface area contributed by atoms with Crippen molar-refractivity contribution in [3.63, 3.8) is 0 Å². The number of benzene rings is 2. The van der Waals surface area contributed by atoms with E-state index in [1.54, 1.807) is 7.11 Å². The van der Waals surface area contributed by atoms with Gasteiger partial charge < -0.3 is 9.64 Å². The predicted molar refractivity (Wildman–Crippen MR) is 120 cm³/mol. The Morgan fingerprint density at radius 2 is 1.60 bits per heavy atom. The molecular formula is C26H34N2O2. The van der Waals surface area contributed by atoms with Gasteiger partial charge in [-0.15, -0.1) is 0 Å². The Labute approximate surface area is 180 Å². The van der Waals surface area contributed by atoms with Crippen LogP contribution in [0.5, 0.6) is 5.75 Å². The van der Waals surface area contributed by atoms with Crippen LogP contribution >= 0.6 is 0 Å². The predicted octanol–water partition coefficient (Wildman–Crippen LogP) is 4.39. The normalized spacial score (nSPS) is 19.0. The highest BCUT2D eigenvalue weighted by molar-refractivity contribution is 5.79. The lowest BCUT2D eigenvalue weighted by atomic mass is 9.88. The summed E-state index contributed by atoms with van der Waals surface area (Å²) in [7, 11) is 1.71. The molecule has 30 heavy (non-hydrogen) atoms. The molecule has 0 aliphatic carbocycles. The van der Waals surface area contributed by atoms with Gasteiger partial charge in [-0.2, -0.15) is 0 Å². The first kappa shape index (κ1) is 20.9. The summed E-state index contributed by atoms with van der Waals surface area (Å²) in [4.78, 5) is 17.7. The molecule has 2 saturated heterocycles. The smallest absolute Gasteiger partial charge is 0.225 e. The molecule has 2 fully saturated rings. The second-order valence-corrected chi connectivity index (χ2v) is 8.86. The van der Waals surface area contributed by atoms with E-state index in [4.69, 9.17) is 4.74 Å². The maximum absolute atomic E-state index is 13.1. The third-order valence-corrected chi connectivity index (χ3v) is 6.77. The zero-order valence-electron chi connectivity index (χ0n) is 18.1. The summed E-state index contributed by atoms with van der Waals surface area (Å²) in [6.45, 7) is 4.79. The van der Waals surface area contributed by atoms with Gasteiger partial charge in [0.25, 0.3) is 0 Å². The Morgan fingerprint density at radius 1 is 0.900 bits per heavy atom. The van der Waals surface area contributed by atoms with E-state index < -0.39 is 0 Å². The van der Waals surface area contributed by atoms with Crippen LogP contribution < -0.4 is 4.74 Å². The molecule has 4 rings (SSSR count). The van der Waals surface area contributed by atoms with Crippen molar-refractivity contribution in [1.29, 1.82) is 0 Å². The van der Waals surface area contributed by atoms with Crippen LogP contribution in [0.3, 0.4) is 0 Å². The molecule has 2 aromatic carbocycles. The van der Waals surface area contributed by atoms with Gasteiger partial charge in [-0.25, -0.2) is 0 Å². The summed E-state index contributed by atoms with van der Waals surface area (Å²) in [5.74, 6) is 2.22. The number of carbonyl (C=O) groups is 1. The highest BCUT2D eigenvalue weighted by Crippen LogP contribution is 2.26. The van der Waals surface area contributed by atoms with Crippen molar-refractivity contribution in [2.45, 2.75) is 38.6 Å². The first-order chi connectivity index (χ1) is 14.7. The average Bonchev–Trinajstić information content (AvgIpc) is 2.80. The van der Waals surface area contributed by atoms with Gasteiger partial charge in [-0.05, 0) is 74.4 Å². The summed E-state index contributed by atoms with van der Waals surface area (Å²) in [5, 5.41) is 0. The third kappa shape index (κ3) is 5.42. The van der Waals surface area contributed by atoms with Gasteiger partial charge >= 0.3 is 0 Å². The molecule has 1 amide bonds. The monoisotopic (exact) mass is 406 g/mol. The summed E-state index contributed by atoms with van der Waals surface area (Å²) >= 11 is 0. The fraction of sp³-hybridized carbons (Fsp3) is 0.500. The van der Waals surface area contributed by atoms with E-state index >= 15 is 0 Å². The van der Waals surface area contributed by atoms with E-state index in [9.17, 15) is 4.79 Å². The van der Waals surface area contributed by atoms with Gasteiger partial charge in [0.2, 0.25) is 5.91 Å². The molecule has 0 atom stereocenters. The van der Waals surface area contributed by atoms with E-state index in [1.807, 2.05) is 12.1 Å². The summed E-state index contributed by atoms with van der Waals surface area (Å²) in [6.07, 6.45) is 5.37. The minimum absolute atomic E-state index is 0.206. The molecule has 4 nitrogen and oxygen atoms in total. The molecule has 2 aliphatic rings. The number of nitrogens with zero attached hydrogens (tertiary/aromatic N) is 2. The van der Waals surface area contributed by atoms with Crippen molar-refractivity contribution in [3.05, 3.63) is 65.7 Å². The average molecular weight is 407 g/mol. The summed E-state index contributed by atoms with van der Waals surface area (Å²) < 4.78 is 5.33. The van der Waals surface area contributed by atoms with Gasteiger partial charge in [-0.1, -0.05) is 42.5 Å². The van der Waals surface area contributed by atoms with Gasteiger partial charge in [0.05, 0.1) is 7.11 Å².